The van der Waals surface area contributed by atoms with E-state index in [1.165, 1.54) is 35.2 Å². The molecule has 1 amide bonds. The van der Waals surface area contributed by atoms with E-state index in [0.717, 1.165) is 0 Å². The number of amides is 1. The SMILES string of the molecule is NC(=O)[C@@](O)(CNc1nc(-c2cc(-c3ccon3)n(Cc3ccccc3F)n2)ncc1F)C(F)(F)F. The number of nitrogens with two attached hydrogens (primary N) is 1. The van der Waals surface area contributed by atoms with E-state index >= 15 is 0 Å². The summed E-state index contributed by atoms with van der Waals surface area (Å²) in [6.07, 6.45) is -3.48. The smallest absolute Gasteiger partial charge is 0.371 e. The standard InChI is InChI=1S/C21H16F5N7O3/c22-12-4-2-1-3-11(12)9-33-16(14-5-6-36-32-14)7-15(31-33)18-28-8-13(23)17(30-18)29-10-20(35,19(27)34)21(24,25)26/h1-8,35H,9-10H2,(H2,27,34)(H,28,29,30)/t20-/m0/s1. The molecule has 0 spiro atoms. The van der Waals surface area contributed by atoms with Crippen LogP contribution in [0.3, 0.4) is 0 Å². The fraction of sp³-hybridized carbons (Fsp3) is 0.190. The minimum Gasteiger partial charge on any atom is -0.371 e. The van der Waals surface area contributed by atoms with Gasteiger partial charge in [0, 0.05) is 11.6 Å². The average molecular weight is 509 g/mol. The number of alkyl halides is 3. The van der Waals surface area contributed by atoms with Crippen LogP contribution >= 0.6 is 0 Å². The van der Waals surface area contributed by atoms with Gasteiger partial charge in [0.2, 0.25) is 0 Å². The van der Waals surface area contributed by atoms with Crippen LogP contribution in [0, 0.1) is 11.6 Å². The van der Waals surface area contributed by atoms with Gasteiger partial charge in [-0.2, -0.15) is 18.3 Å². The fourth-order valence-corrected chi connectivity index (χ4v) is 3.14. The first-order valence-electron chi connectivity index (χ1n) is 10.1. The number of aliphatic hydroxyl groups is 1. The largest absolute Gasteiger partial charge is 0.428 e. The first-order valence-corrected chi connectivity index (χ1v) is 10.1. The highest BCUT2D eigenvalue weighted by atomic mass is 19.4. The van der Waals surface area contributed by atoms with Gasteiger partial charge in [0.25, 0.3) is 11.5 Å². The first-order chi connectivity index (χ1) is 17.0. The summed E-state index contributed by atoms with van der Waals surface area (Å²) in [4.78, 5) is 18.8. The number of carbonyl (C=O) groups excluding carboxylic acids is 1. The third-order valence-corrected chi connectivity index (χ3v) is 5.12. The van der Waals surface area contributed by atoms with Gasteiger partial charge in [0.1, 0.15) is 23.5 Å². The summed E-state index contributed by atoms with van der Waals surface area (Å²) >= 11 is 0. The molecular weight excluding hydrogens is 493 g/mol. The summed E-state index contributed by atoms with van der Waals surface area (Å²) in [6, 6.07) is 8.91. The predicted molar refractivity (Wildman–Crippen MR) is 113 cm³/mol. The number of nitrogens with zero attached hydrogens (tertiary/aromatic N) is 5. The quantitative estimate of drug-likeness (QED) is 0.307. The molecule has 0 aliphatic rings. The summed E-state index contributed by atoms with van der Waals surface area (Å²) < 4.78 is 74.0. The molecule has 3 heterocycles. The Balaban J connectivity index is 1.69. The summed E-state index contributed by atoms with van der Waals surface area (Å²) in [5, 5.41) is 19.8. The molecule has 1 aromatic carbocycles. The van der Waals surface area contributed by atoms with Gasteiger partial charge < -0.3 is 20.7 Å². The minimum absolute atomic E-state index is 0.0355. The Morgan fingerprint density at radius 1 is 1.14 bits per heavy atom. The number of rotatable bonds is 8. The number of primary amides is 1. The Kier molecular flexibility index (Phi) is 6.41. The molecule has 0 unspecified atom stereocenters. The van der Waals surface area contributed by atoms with Crippen molar-refractivity contribution in [3.8, 4) is 22.9 Å². The number of aromatic nitrogens is 5. The molecule has 1 atom stereocenters. The number of anilines is 1. The third kappa shape index (κ3) is 4.72. The zero-order valence-corrected chi connectivity index (χ0v) is 18.0. The van der Waals surface area contributed by atoms with Crippen LogP contribution in [0.4, 0.5) is 27.8 Å². The second-order valence-electron chi connectivity index (χ2n) is 7.51. The van der Waals surface area contributed by atoms with Crippen molar-refractivity contribution in [1.29, 1.82) is 0 Å². The maximum absolute atomic E-state index is 14.2. The summed E-state index contributed by atoms with van der Waals surface area (Å²) in [7, 11) is 0. The number of halogens is 5. The van der Waals surface area contributed by atoms with Crippen molar-refractivity contribution in [2.24, 2.45) is 5.73 Å². The molecule has 0 bridgehead atoms. The highest BCUT2D eigenvalue weighted by Gasteiger charge is 2.58. The maximum atomic E-state index is 14.2. The number of hydrogen-bond donors (Lipinski definition) is 3. The normalized spacial score (nSPS) is 13.4. The van der Waals surface area contributed by atoms with Crippen molar-refractivity contribution in [2.45, 2.75) is 18.3 Å². The van der Waals surface area contributed by atoms with Crippen molar-refractivity contribution in [1.82, 2.24) is 24.9 Å². The molecule has 4 rings (SSSR count). The zero-order chi connectivity index (χ0) is 26.1. The molecule has 0 aliphatic heterocycles. The Morgan fingerprint density at radius 2 is 1.89 bits per heavy atom. The van der Waals surface area contributed by atoms with Crippen molar-refractivity contribution in [2.75, 3.05) is 11.9 Å². The molecule has 0 radical (unpaired) electrons. The molecule has 0 saturated heterocycles. The van der Waals surface area contributed by atoms with E-state index in [-0.39, 0.29) is 23.6 Å². The predicted octanol–water partition coefficient (Wildman–Crippen LogP) is 2.51. The Morgan fingerprint density at radius 3 is 2.53 bits per heavy atom. The molecule has 0 fully saturated rings. The molecule has 0 saturated carbocycles. The monoisotopic (exact) mass is 509 g/mol. The molecule has 10 nitrogen and oxygen atoms in total. The Bertz CT molecular complexity index is 1390. The Labute approximate surface area is 198 Å². The van der Waals surface area contributed by atoms with Crippen LogP contribution < -0.4 is 11.1 Å². The number of nitrogens with one attached hydrogen (secondary N) is 1. The fourth-order valence-electron chi connectivity index (χ4n) is 3.14. The van der Waals surface area contributed by atoms with E-state index in [0.29, 0.717) is 17.6 Å². The second kappa shape index (κ2) is 9.33. The number of benzene rings is 1. The highest BCUT2D eigenvalue weighted by Crippen LogP contribution is 2.31. The van der Waals surface area contributed by atoms with Crippen molar-refractivity contribution < 1.29 is 36.4 Å². The molecule has 4 N–H and O–H groups in total. The topological polar surface area (TPSA) is 145 Å². The first kappa shape index (κ1) is 24.7. The van der Waals surface area contributed by atoms with Crippen LogP contribution in [0.25, 0.3) is 22.9 Å². The van der Waals surface area contributed by atoms with Gasteiger partial charge in [-0.3, -0.25) is 9.48 Å². The van der Waals surface area contributed by atoms with Gasteiger partial charge in [-0.15, -0.1) is 0 Å². The van der Waals surface area contributed by atoms with Crippen molar-refractivity contribution in [3.63, 3.8) is 0 Å². The lowest BCUT2D eigenvalue weighted by Crippen LogP contribution is -2.59. The van der Waals surface area contributed by atoms with Crippen molar-refractivity contribution >= 4 is 11.7 Å². The third-order valence-electron chi connectivity index (χ3n) is 5.12. The van der Waals surface area contributed by atoms with Gasteiger partial charge in [0.05, 0.1) is 25.0 Å². The van der Waals surface area contributed by atoms with Crippen LogP contribution in [-0.4, -0.2) is 54.2 Å². The van der Waals surface area contributed by atoms with Gasteiger partial charge >= 0.3 is 6.18 Å². The lowest BCUT2D eigenvalue weighted by molar-refractivity contribution is -0.245. The maximum Gasteiger partial charge on any atom is 0.428 e. The molecule has 188 valence electrons. The van der Waals surface area contributed by atoms with Crippen molar-refractivity contribution in [3.05, 3.63) is 66.1 Å². The molecule has 0 aliphatic carbocycles. The minimum atomic E-state index is -5.43. The van der Waals surface area contributed by atoms with Gasteiger partial charge in [-0.25, -0.2) is 18.7 Å². The molecule has 3 aromatic heterocycles. The zero-order valence-electron chi connectivity index (χ0n) is 18.0. The second-order valence-corrected chi connectivity index (χ2v) is 7.51. The van der Waals surface area contributed by atoms with Crippen LogP contribution in [-0.2, 0) is 11.3 Å². The lowest BCUT2D eigenvalue weighted by atomic mass is 10.0. The van der Waals surface area contributed by atoms with Gasteiger partial charge in [0.15, 0.2) is 17.5 Å². The van der Waals surface area contributed by atoms with E-state index in [1.54, 1.807) is 12.1 Å². The van der Waals surface area contributed by atoms with E-state index in [1.807, 2.05) is 5.32 Å². The van der Waals surface area contributed by atoms with Crippen LogP contribution in [0.2, 0.25) is 0 Å². The Hall–Kier alpha value is -4.40. The van der Waals surface area contributed by atoms with Crippen LogP contribution in [0.15, 0.2) is 53.4 Å². The number of carbonyl (C=O) groups is 1. The molecular formula is C21H16F5N7O3. The summed E-state index contributed by atoms with van der Waals surface area (Å²) in [6.45, 7) is -1.55. The molecule has 15 heteroatoms. The summed E-state index contributed by atoms with van der Waals surface area (Å²) in [5.41, 5.74) is 1.71. The average Bonchev–Trinajstić information content (AvgIpc) is 3.49. The van der Waals surface area contributed by atoms with Crippen LogP contribution in [0.5, 0.6) is 0 Å². The highest BCUT2D eigenvalue weighted by molar-refractivity contribution is 5.85. The van der Waals surface area contributed by atoms with E-state index < -0.39 is 41.7 Å². The number of hydrogen-bond acceptors (Lipinski definition) is 8. The molecule has 4 aromatic rings. The van der Waals surface area contributed by atoms with E-state index in [9.17, 15) is 31.9 Å². The van der Waals surface area contributed by atoms with Crippen LogP contribution in [0.1, 0.15) is 5.56 Å². The lowest BCUT2D eigenvalue weighted by Gasteiger charge is -2.27. The van der Waals surface area contributed by atoms with E-state index in [2.05, 4.69) is 20.2 Å². The van der Waals surface area contributed by atoms with E-state index in [4.69, 9.17) is 10.3 Å². The van der Waals surface area contributed by atoms with Gasteiger partial charge in [-0.05, 0) is 12.1 Å². The summed E-state index contributed by atoms with van der Waals surface area (Å²) in [5.74, 6) is -4.73. The van der Waals surface area contributed by atoms with Gasteiger partial charge in [-0.1, -0.05) is 23.4 Å². The molecule has 36 heavy (non-hydrogen) atoms.